The van der Waals surface area contributed by atoms with Crippen LogP contribution in [0.2, 0.25) is 0 Å². The maximum atomic E-state index is 11.9. The van der Waals surface area contributed by atoms with Crippen LogP contribution in [0, 0.1) is 0 Å². The number of ether oxygens (including phenoxy) is 1. The van der Waals surface area contributed by atoms with E-state index in [0.717, 1.165) is 45.7 Å². The number of rotatable bonds is 3. The predicted octanol–water partition coefficient (Wildman–Crippen LogP) is -0.425. The van der Waals surface area contributed by atoms with E-state index in [2.05, 4.69) is 22.5 Å². The lowest BCUT2D eigenvalue weighted by molar-refractivity contribution is -0.124. The van der Waals surface area contributed by atoms with Crippen molar-refractivity contribution in [3.8, 4) is 0 Å². The Morgan fingerprint density at radius 1 is 1.47 bits per heavy atom. The van der Waals surface area contributed by atoms with E-state index in [4.69, 9.17) is 4.74 Å². The van der Waals surface area contributed by atoms with Crippen molar-refractivity contribution in [2.24, 2.45) is 0 Å². The Bertz CT molecular complexity index is 254. The number of amides is 1. The molecule has 0 unspecified atom stereocenters. The summed E-state index contributed by atoms with van der Waals surface area (Å²) in [6.45, 7) is 7.15. The number of nitrogens with one attached hydrogen (secondary N) is 2. The molecule has 17 heavy (non-hydrogen) atoms. The van der Waals surface area contributed by atoms with Crippen LogP contribution in [0.1, 0.15) is 19.8 Å². The average molecular weight is 241 g/mol. The van der Waals surface area contributed by atoms with Crippen LogP contribution in [-0.2, 0) is 9.53 Å². The summed E-state index contributed by atoms with van der Waals surface area (Å²) in [5.74, 6) is 0.158. The lowest BCUT2D eigenvalue weighted by atomic mass is 10.1. The highest BCUT2D eigenvalue weighted by atomic mass is 16.5. The molecule has 2 heterocycles. The van der Waals surface area contributed by atoms with E-state index in [0.29, 0.717) is 18.6 Å². The van der Waals surface area contributed by atoms with Crippen molar-refractivity contribution in [1.29, 1.82) is 0 Å². The van der Waals surface area contributed by atoms with Crippen LogP contribution in [0.4, 0.5) is 0 Å². The molecule has 0 aromatic rings. The Labute approximate surface area is 103 Å². The second-order valence-corrected chi connectivity index (χ2v) is 4.98. The molecule has 2 fully saturated rings. The minimum atomic E-state index is 0.158. The van der Waals surface area contributed by atoms with Crippen molar-refractivity contribution in [3.63, 3.8) is 0 Å². The van der Waals surface area contributed by atoms with E-state index in [-0.39, 0.29) is 5.91 Å². The average Bonchev–Trinajstić information content (AvgIpc) is 2.33. The van der Waals surface area contributed by atoms with Gasteiger partial charge in [0.25, 0.3) is 0 Å². The van der Waals surface area contributed by atoms with Gasteiger partial charge in [-0.3, -0.25) is 9.69 Å². The molecule has 5 heteroatoms. The third-order valence-electron chi connectivity index (χ3n) is 3.57. The molecule has 0 aromatic heterocycles. The Kier molecular flexibility index (Phi) is 4.76. The molecule has 98 valence electrons. The first-order valence-electron chi connectivity index (χ1n) is 6.57. The zero-order valence-electron chi connectivity index (χ0n) is 10.6. The number of hydrogen-bond acceptors (Lipinski definition) is 4. The highest BCUT2D eigenvalue weighted by Gasteiger charge is 2.22. The fourth-order valence-electron chi connectivity index (χ4n) is 2.42. The van der Waals surface area contributed by atoms with Crippen LogP contribution in [0.5, 0.6) is 0 Å². The summed E-state index contributed by atoms with van der Waals surface area (Å²) in [6, 6.07) is 0.763. The third-order valence-corrected chi connectivity index (χ3v) is 3.57. The molecule has 0 aliphatic carbocycles. The van der Waals surface area contributed by atoms with E-state index in [9.17, 15) is 4.79 Å². The molecule has 0 aromatic carbocycles. The largest absolute Gasteiger partial charge is 0.381 e. The van der Waals surface area contributed by atoms with Gasteiger partial charge in [0, 0.05) is 44.9 Å². The molecule has 2 aliphatic rings. The SMILES string of the molecule is C[C@H]1CNCCN1CC(=O)NC1CCOCC1. The van der Waals surface area contributed by atoms with Crippen molar-refractivity contribution in [1.82, 2.24) is 15.5 Å². The second-order valence-electron chi connectivity index (χ2n) is 4.98. The molecular formula is C12H23N3O2. The molecule has 1 atom stereocenters. The maximum Gasteiger partial charge on any atom is 0.234 e. The summed E-state index contributed by atoms with van der Waals surface area (Å²) in [4.78, 5) is 14.2. The summed E-state index contributed by atoms with van der Waals surface area (Å²) in [7, 11) is 0. The van der Waals surface area contributed by atoms with Crippen LogP contribution in [0.25, 0.3) is 0 Å². The number of carbonyl (C=O) groups excluding carboxylic acids is 1. The molecule has 2 rings (SSSR count). The van der Waals surface area contributed by atoms with E-state index in [1.54, 1.807) is 0 Å². The highest BCUT2D eigenvalue weighted by molar-refractivity contribution is 5.78. The fourth-order valence-corrected chi connectivity index (χ4v) is 2.42. The Morgan fingerprint density at radius 3 is 2.94 bits per heavy atom. The van der Waals surface area contributed by atoms with Crippen LogP contribution >= 0.6 is 0 Å². The summed E-state index contributed by atoms with van der Waals surface area (Å²) in [5.41, 5.74) is 0. The van der Waals surface area contributed by atoms with Gasteiger partial charge in [0.15, 0.2) is 0 Å². The van der Waals surface area contributed by atoms with Crippen molar-refractivity contribution in [3.05, 3.63) is 0 Å². The maximum absolute atomic E-state index is 11.9. The van der Waals surface area contributed by atoms with E-state index in [1.165, 1.54) is 0 Å². The molecule has 0 spiro atoms. The summed E-state index contributed by atoms with van der Waals surface area (Å²) in [5, 5.41) is 6.43. The van der Waals surface area contributed by atoms with E-state index < -0.39 is 0 Å². The first-order valence-corrected chi connectivity index (χ1v) is 6.57. The third kappa shape index (κ3) is 3.94. The van der Waals surface area contributed by atoms with Gasteiger partial charge in [0.2, 0.25) is 5.91 Å². The molecule has 5 nitrogen and oxygen atoms in total. The standard InChI is InChI=1S/C12H23N3O2/c1-10-8-13-4-5-15(10)9-12(16)14-11-2-6-17-7-3-11/h10-11,13H,2-9H2,1H3,(H,14,16)/t10-/m0/s1. The van der Waals surface area contributed by atoms with Gasteiger partial charge in [-0.2, -0.15) is 0 Å². The van der Waals surface area contributed by atoms with Crippen molar-refractivity contribution < 1.29 is 9.53 Å². The summed E-state index contributed by atoms with van der Waals surface area (Å²) >= 11 is 0. The van der Waals surface area contributed by atoms with Gasteiger partial charge in [-0.05, 0) is 19.8 Å². The number of nitrogens with zero attached hydrogens (tertiary/aromatic N) is 1. The van der Waals surface area contributed by atoms with Crippen molar-refractivity contribution in [2.75, 3.05) is 39.4 Å². The molecule has 1 amide bonds. The van der Waals surface area contributed by atoms with E-state index in [1.807, 2.05) is 0 Å². The normalized spacial score (nSPS) is 27.9. The lowest BCUT2D eigenvalue weighted by Crippen LogP contribution is -2.53. The van der Waals surface area contributed by atoms with Crippen molar-refractivity contribution >= 4 is 5.91 Å². The summed E-state index contributed by atoms with van der Waals surface area (Å²) in [6.07, 6.45) is 1.89. The van der Waals surface area contributed by atoms with Crippen LogP contribution < -0.4 is 10.6 Å². The molecule has 2 N–H and O–H groups in total. The summed E-state index contributed by atoms with van der Waals surface area (Å²) < 4.78 is 5.28. The van der Waals surface area contributed by atoms with Crippen LogP contribution in [-0.4, -0.2) is 62.3 Å². The molecule has 0 radical (unpaired) electrons. The van der Waals surface area contributed by atoms with Gasteiger partial charge < -0.3 is 15.4 Å². The van der Waals surface area contributed by atoms with Crippen LogP contribution in [0.3, 0.4) is 0 Å². The zero-order valence-corrected chi connectivity index (χ0v) is 10.6. The van der Waals surface area contributed by atoms with Crippen molar-refractivity contribution in [2.45, 2.75) is 31.8 Å². The predicted molar refractivity (Wildman–Crippen MR) is 65.9 cm³/mol. The number of carbonyl (C=O) groups is 1. The monoisotopic (exact) mass is 241 g/mol. The second kappa shape index (κ2) is 6.33. The van der Waals surface area contributed by atoms with Gasteiger partial charge in [0.05, 0.1) is 6.54 Å². The molecule has 0 saturated carbocycles. The smallest absolute Gasteiger partial charge is 0.234 e. The quantitative estimate of drug-likeness (QED) is 0.704. The number of piperazine rings is 1. The minimum absolute atomic E-state index is 0.158. The first kappa shape index (κ1) is 12.8. The highest BCUT2D eigenvalue weighted by Crippen LogP contribution is 2.07. The van der Waals surface area contributed by atoms with Crippen LogP contribution in [0.15, 0.2) is 0 Å². The van der Waals surface area contributed by atoms with Gasteiger partial charge in [-0.25, -0.2) is 0 Å². The minimum Gasteiger partial charge on any atom is -0.381 e. The van der Waals surface area contributed by atoms with Gasteiger partial charge >= 0.3 is 0 Å². The lowest BCUT2D eigenvalue weighted by Gasteiger charge is -2.34. The van der Waals surface area contributed by atoms with Gasteiger partial charge in [-0.15, -0.1) is 0 Å². The first-order chi connectivity index (χ1) is 8.25. The molecule has 0 bridgehead atoms. The van der Waals surface area contributed by atoms with E-state index >= 15 is 0 Å². The Morgan fingerprint density at radius 2 is 2.24 bits per heavy atom. The number of hydrogen-bond donors (Lipinski definition) is 2. The topological polar surface area (TPSA) is 53.6 Å². The molecule has 2 aliphatic heterocycles. The Hall–Kier alpha value is -0.650. The van der Waals surface area contributed by atoms with Gasteiger partial charge in [-0.1, -0.05) is 0 Å². The zero-order chi connectivity index (χ0) is 12.1. The molecular weight excluding hydrogens is 218 g/mol. The Balaban J connectivity index is 1.72. The molecule has 2 saturated heterocycles. The fraction of sp³-hybridized carbons (Fsp3) is 0.917. The van der Waals surface area contributed by atoms with Gasteiger partial charge in [0.1, 0.15) is 0 Å².